The predicted molar refractivity (Wildman–Crippen MR) is 28.9 cm³/mol. The van der Waals surface area contributed by atoms with Crippen LogP contribution in [-0.4, -0.2) is 6.10 Å². The lowest BCUT2D eigenvalue weighted by Gasteiger charge is -1.96. The summed E-state index contributed by atoms with van der Waals surface area (Å²) in [6.45, 7) is 3.58. The molecule has 1 aliphatic heterocycles. The Kier molecular flexibility index (Phi) is 1.21. The van der Waals surface area contributed by atoms with Crippen LogP contribution in [0, 0.1) is 11.3 Å². The highest BCUT2D eigenvalue weighted by molar-refractivity contribution is 4.99. The van der Waals surface area contributed by atoms with Crippen LogP contribution in [0.2, 0.25) is 0 Å². The molecule has 1 atom stereocenters. The molecule has 0 aliphatic carbocycles. The zero-order valence-corrected chi connectivity index (χ0v) is 4.55. The van der Waals surface area contributed by atoms with Crippen molar-refractivity contribution in [2.24, 2.45) is 0 Å². The number of hydrogen-bond acceptors (Lipinski definition) is 2. The highest BCUT2D eigenvalue weighted by atomic mass is 16.5. The Morgan fingerprint density at radius 1 is 1.88 bits per heavy atom. The summed E-state index contributed by atoms with van der Waals surface area (Å²) in [5, 5.41) is 8.27. The van der Waals surface area contributed by atoms with Crippen molar-refractivity contribution < 1.29 is 4.74 Å². The standard InChI is InChI=1S/C6H7NO/c1-5-2-3-6(4-7)8-5/h6H,1-3H2. The van der Waals surface area contributed by atoms with Crippen molar-refractivity contribution in [2.75, 3.05) is 0 Å². The van der Waals surface area contributed by atoms with E-state index in [1.165, 1.54) is 0 Å². The Labute approximate surface area is 48.4 Å². The molecular formula is C6H7NO. The molecule has 0 aromatic rings. The molecule has 2 nitrogen and oxygen atoms in total. The van der Waals surface area contributed by atoms with E-state index in [2.05, 4.69) is 6.58 Å². The molecule has 42 valence electrons. The second-order valence-corrected chi connectivity index (χ2v) is 1.81. The molecule has 0 bridgehead atoms. The van der Waals surface area contributed by atoms with Gasteiger partial charge in [0.15, 0.2) is 6.10 Å². The SMILES string of the molecule is C=C1CCC(C#N)O1. The van der Waals surface area contributed by atoms with Gasteiger partial charge in [-0.2, -0.15) is 5.26 Å². The maximum absolute atomic E-state index is 8.27. The molecule has 0 N–H and O–H groups in total. The Balaban J connectivity index is 2.47. The van der Waals surface area contributed by atoms with Gasteiger partial charge in [-0.05, 0) is 0 Å². The summed E-state index contributed by atoms with van der Waals surface area (Å²) < 4.78 is 4.95. The lowest BCUT2D eigenvalue weighted by molar-refractivity contribution is 0.209. The van der Waals surface area contributed by atoms with Crippen molar-refractivity contribution in [1.82, 2.24) is 0 Å². The average Bonchev–Trinajstić information content (AvgIpc) is 2.14. The van der Waals surface area contributed by atoms with Crippen LogP contribution in [0.3, 0.4) is 0 Å². The second kappa shape index (κ2) is 1.87. The normalized spacial score (nSPS) is 26.9. The topological polar surface area (TPSA) is 33.0 Å². The van der Waals surface area contributed by atoms with Crippen molar-refractivity contribution in [3.63, 3.8) is 0 Å². The fourth-order valence-corrected chi connectivity index (χ4v) is 0.702. The van der Waals surface area contributed by atoms with E-state index >= 15 is 0 Å². The number of ether oxygens (including phenoxy) is 1. The third-order valence-corrected chi connectivity index (χ3v) is 1.14. The maximum atomic E-state index is 8.27. The van der Waals surface area contributed by atoms with Gasteiger partial charge in [-0.15, -0.1) is 0 Å². The molecule has 2 heteroatoms. The van der Waals surface area contributed by atoms with Crippen LogP contribution in [0.15, 0.2) is 12.3 Å². The first-order chi connectivity index (χ1) is 3.83. The molecule has 1 saturated heterocycles. The van der Waals surface area contributed by atoms with Gasteiger partial charge in [0.1, 0.15) is 6.07 Å². The fraction of sp³-hybridized carbons (Fsp3) is 0.500. The summed E-state index contributed by atoms with van der Waals surface area (Å²) in [4.78, 5) is 0. The summed E-state index contributed by atoms with van der Waals surface area (Å²) >= 11 is 0. The number of allylic oxidation sites excluding steroid dienone is 1. The van der Waals surface area contributed by atoms with Gasteiger partial charge < -0.3 is 4.74 Å². The van der Waals surface area contributed by atoms with Crippen molar-refractivity contribution in [2.45, 2.75) is 18.9 Å². The van der Waals surface area contributed by atoms with Crippen molar-refractivity contribution in [3.8, 4) is 6.07 Å². The molecular weight excluding hydrogens is 102 g/mol. The van der Waals surface area contributed by atoms with Crippen molar-refractivity contribution >= 4 is 0 Å². The average molecular weight is 109 g/mol. The molecule has 0 amide bonds. The molecule has 0 aromatic carbocycles. The van der Waals surface area contributed by atoms with Crippen LogP contribution in [0.25, 0.3) is 0 Å². The van der Waals surface area contributed by atoms with Crippen LogP contribution in [-0.2, 0) is 4.74 Å². The minimum atomic E-state index is -0.220. The molecule has 1 unspecified atom stereocenters. The van der Waals surface area contributed by atoms with Gasteiger partial charge in [-0.25, -0.2) is 0 Å². The van der Waals surface area contributed by atoms with E-state index in [1.807, 2.05) is 6.07 Å². The minimum Gasteiger partial charge on any atom is -0.481 e. The van der Waals surface area contributed by atoms with Gasteiger partial charge in [-0.1, -0.05) is 6.58 Å². The number of rotatable bonds is 0. The number of nitrogens with zero attached hydrogens (tertiary/aromatic N) is 1. The Hall–Kier alpha value is -0.970. The van der Waals surface area contributed by atoms with Crippen molar-refractivity contribution in [1.29, 1.82) is 5.26 Å². The first kappa shape index (κ1) is 5.17. The van der Waals surface area contributed by atoms with Gasteiger partial charge in [0.2, 0.25) is 0 Å². The van der Waals surface area contributed by atoms with Crippen LogP contribution in [0.1, 0.15) is 12.8 Å². The second-order valence-electron chi connectivity index (χ2n) is 1.81. The first-order valence-electron chi connectivity index (χ1n) is 2.57. The van der Waals surface area contributed by atoms with Crippen LogP contribution < -0.4 is 0 Å². The summed E-state index contributed by atoms with van der Waals surface area (Å²) in [5.41, 5.74) is 0. The zero-order chi connectivity index (χ0) is 5.98. The molecule has 0 spiro atoms. The summed E-state index contributed by atoms with van der Waals surface area (Å²) in [6.07, 6.45) is 1.44. The Bertz CT molecular complexity index is 145. The Morgan fingerprint density at radius 2 is 2.62 bits per heavy atom. The van der Waals surface area contributed by atoms with Gasteiger partial charge in [-0.3, -0.25) is 0 Å². The number of nitriles is 1. The molecule has 1 rings (SSSR count). The lowest BCUT2D eigenvalue weighted by atomic mass is 10.2. The minimum absolute atomic E-state index is 0.220. The van der Waals surface area contributed by atoms with Gasteiger partial charge in [0.25, 0.3) is 0 Å². The Morgan fingerprint density at radius 3 is 2.88 bits per heavy atom. The van der Waals surface area contributed by atoms with Crippen LogP contribution in [0.5, 0.6) is 0 Å². The highest BCUT2D eigenvalue weighted by Crippen LogP contribution is 2.19. The van der Waals surface area contributed by atoms with E-state index in [9.17, 15) is 0 Å². The van der Waals surface area contributed by atoms with Crippen molar-refractivity contribution in [3.05, 3.63) is 12.3 Å². The van der Waals surface area contributed by atoms with Gasteiger partial charge in [0.05, 0.1) is 5.76 Å². The van der Waals surface area contributed by atoms with Gasteiger partial charge in [0, 0.05) is 12.8 Å². The summed E-state index contributed by atoms with van der Waals surface area (Å²) in [5.74, 6) is 0.747. The van der Waals surface area contributed by atoms with Gasteiger partial charge >= 0.3 is 0 Å². The fourth-order valence-electron chi connectivity index (χ4n) is 0.702. The third-order valence-electron chi connectivity index (χ3n) is 1.14. The smallest absolute Gasteiger partial charge is 0.184 e. The summed E-state index contributed by atoms with van der Waals surface area (Å²) in [6, 6.07) is 2.01. The molecule has 0 aromatic heterocycles. The number of hydrogen-bond donors (Lipinski definition) is 0. The highest BCUT2D eigenvalue weighted by Gasteiger charge is 2.17. The third kappa shape index (κ3) is 0.812. The largest absolute Gasteiger partial charge is 0.481 e. The van der Waals surface area contributed by atoms with Crippen LogP contribution in [0.4, 0.5) is 0 Å². The molecule has 8 heavy (non-hydrogen) atoms. The molecule has 0 radical (unpaired) electrons. The quantitative estimate of drug-likeness (QED) is 0.468. The lowest BCUT2D eigenvalue weighted by Crippen LogP contribution is -1.97. The molecule has 0 saturated carbocycles. The maximum Gasteiger partial charge on any atom is 0.184 e. The summed E-state index contributed by atoms with van der Waals surface area (Å²) in [7, 11) is 0. The molecule has 1 heterocycles. The van der Waals surface area contributed by atoms with E-state index in [4.69, 9.17) is 10.00 Å². The monoisotopic (exact) mass is 109 g/mol. The molecule has 1 aliphatic rings. The van der Waals surface area contributed by atoms with Crippen LogP contribution >= 0.6 is 0 Å². The van der Waals surface area contributed by atoms with E-state index in [1.54, 1.807) is 0 Å². The molecule has 1 fully saturated rings. The zero-order valence-electron chi connectivity index (χ0n) is 4.55. The van der Waals surface area contributed by atoms with E-state index in [0.717, 1.165) is 18.6 Å². The first-order valence-corrected chi connectivity index (χ1v) is 2.57. The predicted octanol–water partition coefficient (Wildman–Crippen LogP) is 1.20. The van der Waals surface area contributed by atoms with E-state index in [-0.39, 0.29) is 6.10 Å². The van der Waals surface area contributed by atoms with E-state index < -0.39 is 0 Å². The van der Waals surface area contributed by atoms with E-state index in [0.29, 0.717) is 0 Å².